The van der Waals surface area contributed by atoms with Gasteiger partial charge in [-0.1, -0.05) is 44.2 Å². The lowest BCUT2D eigenvalue weighted by Crippen LogP contribution is -2.33. The van der Waals surface area contributed by atoms with Crippen LogP contribution in [0.3, 0.4) is 0 Å². The third kappa shape index (κ3) is 4.99. The molecular formula is C14H18O5. The summed E-state index contributed by atoms with van der Waals surface area (Å²) in [4.78, 5) is 22.9. The van der Waals surface area contributed by atoms with Gasteiger partial charge in [-0.15, -0.1) is 0 Å². The number of methoxy groups -OCH3 is 1. The summed E-state index contributed by atoms with van der Waals surface area (Å²) < 4.78 is 14.5. The monoisotopic (exact) mass is 266 g/mol. The van der Waals surface area contributed by atoms with Crippen LogP contribution in [0.2, 0.25) is 0 Å². The van der Waals surface area contributed by atoms with Crippen LogP contribution in [0.1, 0.15) is 19.4 Å². The standard InChI is InChI=1S/C14H18O5/c1-10(2)12(13(15)17-3)19-14(16)18-9-11-7-5-4-6-8-11/h4-8,10,12H,9H2,1-3H3. The first-order chi connectivity index (χ1) is 9.04. The Labute approximate surface area is 112 Å². The van der Waals surface area contributed by atoms with E-state index in [0.717, 1.165) is 5.56 Å². The Kier molecular flexibility index (Phi) is 5.85. The summed E-state index contributed by atoms with van der Waals surface area (Å²) in [6.07, 6.45) is -1.83. The zero-order valence-corrected chi connectivity index (χ0v) is 11.3. The second-order valence-corrected chi connectivity index (χ2v) is 4.33. The molecule has 0 spiro atoms. The smallest absolute Gasteiger partial charge is 0.466 e. The Bertz CT molecular complexity index is 413. The van der Waals surface area contributed by atoms with Gasteiger partial charge in [-0.3, -0.25) is 0 Å². The van der Waals surface area contributed by atoms with Crippen molar-refractivity contribution in [3.63, 3.8) is 0 Å². The van der Waals surface area contributed by atoms with Gasteiger partial charge in [0, 0.05) is 5.92 Å². The quantitative estimate of drug-likeness (QED) is 0.766. The average Bonchev–Trinajstić information content (AvgIpc) is 2.42. The zero-order valence-electron chi connectivity index (χ0n) is 11.3. The number of esters is 1. The minimum atomic E-state index is -0.951. The van der Waals surface area contributed by atoms with Crippen molar-refractivity contribution in [3.05, 3.63) is 35.9 Å². The van der Waals surface area contributed by atoms with E-state index >= 15 is 0 Å². The number of ether oxygens (including phenoxy) is 3. The Morgan fingerprint density at radius 3 is 2.32 bits per heavy atom. The van der Waals surface area contributed by atoms with Crippen LogP contribution >= 0.6 is 0 Å². The Hall–Kier alpha value is -2.04. The maximum Gasteiger partial charge on any atom is 0.509 e. The lowest BCUT2D eigenvalue weighted by molar-refractivity contribution is -0.154. The van der Waals surface area contributed by atoms with Crippen LogP contribution in [-0.2, 0) is 25.6 Å². The first-order valence-corrected chi connectivity index (χ1v) is 5.99. The predicted molar refractivity (Wildman–Crippen MR) is 68.4 cm³/mol. The highest BCUT2D eigenvalue weighted by molar-refractivity contribution is 5.77. The highest BCUT2D eigenvalue weighted by Gasteiger charge is 2.27. The summed E-state index contributed by atoms with van der Waals surface area (Å²) in [5.74, 6) is -0.775. The molecule has 0 amide bonds. The van der Waals surface area contributed by atoms with E-state index in [4.69, 9.17) is 9.47 Å². The van der Waals surface area contributed by atoms with Crippen molar-refractivity contribution in [3.8, 4) is 0 Å². The topological polar surface area (TPSA) is 61.8 Å². The number of rotatable bonds is 5. The van der Waals surface area contributed by atoms with E-state index in [1.165, 1.54) is 7.11 Å². The van der Waals surface area contributed by atoms with Crippen molar-refractivity contribution in [2.45, 2.75) is 26.6 Å². The van der Waals surface area contributed by atoms with Crippen molar-refractivity contribution >= 4 is 12.1 Å². The van der Waals surface area contributed by atoms with Gasteiger partial charge in [0.2, 0.25) is 6.10 Å². The second kappa shape index (κ2) is 7.41. The molecule has 0 aliphatic carbocycles. The Morgan fingerprint density at radius 2 is 1.79 bits per heavy atom. The lowest BCUT2D eigenvalue weighted by Gasteiger charge is -2.18. The fourth-order valence-corrected chi connectivity index (χ4v) is 1.43. The Morgan fingerprint density at radius 1 is 1.16 bits per heavy atom. The molecule has 1 atom stereocenters. The van der Waals surface area contributed by atoms with Crippen molar-refractivity contribution in [1.82, 2.24) is 0 Å². The van der Waals surface area contributed by atoms with Gasteiger partial charge in [-0.05, 0) is 5.56 Å². The number of carbonyl (C=O) groups is 2. The second-order valence-electron chi connectivity index (χ2n) is 4.33. The van der Waals surface area contributed by atoms with Crippen LogP contribution in [0, 0.1) is 5.92 Å². The van der Waals surface area contributed by atoms with E-state index in [9.17, 15) is 9.59 Å². The molecule has 1 unspecified atom stereocenters. The van der Waals surface area contributed by atoms with Gasteiger partial charge >= 0.3 is 12.1 Å². The summed E-state index contributed by atoms with van der Waals surface area (Å²) in [5.41, 5.74) is 0.846. The molecule has 0 radical (unpaired) electrons. The van der Waals surface area contributed by atoms with Gasteiger partial charge in [-0.2, -0.15) is 0 Å². The summed E-state index contributed by atoms with van der Waals surface area (Å²) in [6, 6.07) is 9.21. The third-order valence-electron chi connectivity index (χ3n) is 2.46. The van der Waals surface area contributed by atoms with Crippen LogP contribution in [-0.4, -0.2) is 25.3 Å². The van der Waals surface area contributed by atoms with E-state index in [2.05, 4.69) is 4.74 Å². The molecule has 0 saturated heterocycles. The first-order valence-electron chi connectivity index (χ1n) is 5.99. The van der Waals surface area contributed by atoms with E-state index in [0.29, 0.717) is 0 Å². The van der Waals surface area contributed by atoms with Gasteiger partial charge in [0.05, 0.1) is 7.11 Å². The average molecular weight is 266 g/mol. The summed E-state index contributed by atoms with van der Waals surface area (Å²) in [5, 5.41) is 0. The summed E-state index contributed by atoms with van der Waals surface area (Å²) in [6.45, 7) is 3.61. The van der Waals surface area contributed by atoms with Gasteiger partial charge in [0.25, 0.3) is 0 Å². The minimum Gasteiger partial charge on any atom is -0.466 e. The fourth-order valence-electron chi connectivity index (χ4n) is 1.43. The van der Waals surface area contributed by atoms with E-state index in [-0.39, 0.29) is 12.5 Å². The molecule has 0 saturated carbocycles. The third-order valence-corrected chi connectivity index (χ3v) is 2.46. The molecule has 0 heterocycles. The number of hydrogen-bond acceptors (Lipinski definition) is 5. The van der Waals surface area contributed by atoms with Crippen molar-refractivity contribution in [2.24, 2.45) is 5.92 Å². The molecule has 0 N–H and O–H groups in total. The minimum absolute atomic E-state index is 0.103. The lowest BCUT2D eigenvalue weighted by atomic mass is 10.1. The van der Waals surface area contributed by atoms with Gasteiger partial charge in [0.15, 0.2) is 0 Å². The van der Waals surface area contributed by atoms with Crippen molar-refractivity contribution in [2.75, 3.05) is 7.11 Å². The largest absolute Gasteiger partial charge is 0.509 e. The maximum atomic E-state index is 11.5. The molecule has 5 heteroatoms. The molecule has 1 aromatic carbocycles. The number of benzene rings is 1. The molecule has 1 aromatic rings. The zero-order chi connectivity index (χ0) is 14.3. The predicted octanol–water partition coefficient (Wildman–Crippen LogP) is 2.54. The van der Waals surface area contributed by atoms with Crippen molar-refractivity contribution < 1.29 is 23.8 Å². The van der Waals surface area contributed by atoms with E-state index in [1.54, 1.807) is 13.8 Å². The van der Waals surface area contributed by atoms with E-state index in [1.807, 2.05) is 30.3 Å². The highest BCUT2D eigenvalue weighted by Crippen LogP contribution is 2.10. The maximum absolute atomic E-state index is 11.5. The van der Waals surface area contributed by atoms with Crippen LogP contribution < -0.4 is 0 Å². The normalized spacial score (nSPS) is 11.8. The molecule has 0 aliphatic rings. The molecule has 0 aromatic heterocycles. The molecule has 104 valence electrons. The summed E-state index contributed by atoms with van der Waals surface area (Å²) in [7, 11) is 1.25. The molecule has 0 fully saturated rings. The van der Waals surface area contributed by atoms with Gasteiger partial charge in [0.1, 0.15) is 6.61 Å². The molecule has 5 nitrogen and oxygen atoms in total. The molecule has 1 rings (SSSR count). The molecule has 19 heavy (non-hydrogen) atoms. The fraction of sp³-hybridized carbons (Fsp3) is 0.429. The van der Waals surface area contributed by atoms with Crippen LogP contribution in [0.15, 0.2) is 30.3 Å². The highest BCUT2D eigenvalue weighted by atomic mass is 16.7. The van der Waals surface area contributed by atoms with Gasteiger partial charge < -0.3 is 14.2 Å². The van der Waals surface area contributed by atoms with Crippen LogP contribution in [0.5, 0.6) is 0 Å². The molecule has 0 aliphatic heterocycles. The van der Waals surface area contributed by atoms with Crippen LogP contribution in [0.4, 0.5) is 4.79 Å². The summed E-state index contributed by atoms with van der Waals surface area (Å²) >= 11 is 0. The van der Waals surface area contributed by atoms with Crippen molar-refractivity contribution in [1.29, 1.82) is 0 Å². The van der Waals surface area contributed by atoms with Crippen LogP contribution in [0.25, 0.3) is 0 Å². The van der Waals surface area contributed by atoms with Gasteiger partial charge in [-0.25, -0.2) is 9.59 Å². The molecular weight excluding hydrogens is 248 g/mol. The first kappa shape index (κ1) is 15.0. The SMILES string of the molecule is COC(=O)C(OC(=O)OCc1ccccc1)C(C)C. The van der Waals surface area contributed by atoms with E-state index < -0.39 is 18.2 Å². The Balaban J connectivity index is 2.47. The number of carbonyl (C=O) groups excluding carboxylic acids is 2. The number of hydrogen-bond donors (Lipinski definition) is 0. The molecule has 0 bridgehead atoms.